The average Bonchev–Trinajstić information content (AvgIpc) is 3.49. The molecule has 2 aromatic carbocycles. The minimum Gasteiger partial charge on any atom is -0.369 e. The first-order chi connectivity index (χ1) is 15.2. The second-order valence-corrected chi connectivity index (χ2v) is 8.95. The molecule has 1 aliphatic heterocycles. The van der Waals surface area contributed by atoms with E-state index in [9.17, 15) is 0 Å². The number of aromatic nitrogens is 2. The normalized spacial score (nSPS) is 14.7. The zero-order valence-electron chi connectivity index (χ0n) is 18.0. The van der Waals surface area contributed by atoms with E-state index >= 15 is 0 Å². The van der Waals surface area contributed by atoms with Gasteiger partial charge in [-0.2, -0.15) is 0 Å². The second-order valence-electron chi connectivity index (χ2n) is 8.09. The third kappa shape index (κ3) is 4.36. The quantitative estimate of drug-likeness (QED) is 0.461. The van der Waals surface area contributed by atoms with Crippen molar-refractivity contribution in [1.82, 2.24) is 14.5 Å². The van der Waals surface area contributed by atoms with Crippen molar-refractivity contribution in [2.75, 3.05) is 43.4 Å². The van der Waals surface area contributed by atoms with E-state index in [1.807, 2.05) is 12.1 Å². The molecule has 5 rings (SSSR count). The Hall–Kier alpha value is -3.09. The summed E-state index contributed by atoms with van der Waals surface area (Å²) < 4.78 is 2.11. The molecule has 0 radical (unpaired) electrons. The minimum atomic E-state index is 0.908. The summed E-state index contributed by atoms with van der Waals surface area (Å²) in [5.41, 5.74) is 6.87. The molecule has 31 heavy (non-hydrogen) atoms. The summed E-state index contributed by atoms with van der Waals surface area (Å²) in [4.78, 5) is 9.68. The zero-order chi connectivity index (χ0) is 21.2. The molecule has 3 heterocycles. The van der Waals surface area contributed by atoms with Crippen LogP contribution in [0.25, 0.3) is 16.9 Å². The molecule has 4 aromatic rings. The molecule has 1 N–H and O–H groups in total. The van der Waals surface area contributed by atoms with Crippen LogP contribution in [0.15, 0.2) is 72.4 Å². The first kappa shape index (κ1) is 19.8. The number of rotatable bonds is 5. The van der Waals surface area contributed by atoms with Crippen LogP contribution in [0, 0.1) is 6.92 Å². The van der Waals surface area contributed by atoms with Crippen LogP contribution in [0.2, 0.25) is 0 Å². The Morgan fingerprint density at radius 3 is 2.35 bits per heavy atom. The van der Waals surface area contributed by atoms with Crippen LogP contribution in [0.3, 0.4) is 0 Å². The maximum absolute atomic E-state index is 4.84. The van der Waals surface area contributed by atoms with Gasteiger partial charge in [-0.25, -0.2) is 4.98 Å². The van der Waals surface area contributed by atoms with Gasteiger partial charge in [-0.3, -0.25) is 0 Å². The number of likely N-dealkylation sites (N-methyl/N-ethyl adjacent to an activating group) is 1. The number of nitrogens with one attached hydrogen (secondary N) is 1. The standard InChI is InChI=1S/C25H27N5S/c1-19-5-8-22(29-11-3-4-12-29)17-23(19)26-25-27-24(18-31-25)20-6-9-21(10-7-20)30-15-13-28(2)14-16-30/h3-12,17-18H,13-16H2,1-2H3,(H,26,27). The number of nitrogens with zero attached hydrogens (tertiary/aromatic N) is 4. The van der Waals surface area contributed by atoms with E-state index in [2.05, 4.69) is 93.9 Å². The molecular weight excluding hydrogens is 402 g/mol. The Kier molecular flexibility index (Phi) is 5.49. The van der Waals surface area contributed by atoms with E-state index < -0.39 is 0 Å². The van der Waals surface area contributed by atoms with Crippen LogP contribution in [-0.4, -0.2) is 47.7 Å². The SMILES string of the molecule is Cc1ccc(-n2cccc2)cc1Nc1nc(-c2ccc(N3CCN(C)CC3)cc2)cs1. The number of hydrogen-bond acceptors (Lipinski definition) is 5. The van der Waals surface area contributed by atoms with Crippen LogP contribution >= 0.6 is 11.3 Å². The fourth-order valence-electron chi connectivity index (χ4n) is 3.90. The highest BCUT2D eigenvalue weighted by Gasteiger charge is 2.14. The third-order valence-electron chi connectivity index (χ3n) is 5.90. The largest absolute Gasteiger partial charge is 0.369 e. The highest BCUT2D eigenvalue weighted by Crippen LogP contribution is 2.30. The van der Waals surface area contributed by atoms with E-state index in [0.717, 1.165) is 53.9 Å². The molecule has 2 aromatic heterocycles. The summed E-state index contributed by atoms with van der Waals surface area (Å²) >= 11 is 1.64. The van der Waals surface area contributed by atoms with Crippen LogP contribution in [-0.2, 0) is 0 Å². The topological polar surface area (TPSA) is 36.3 Å². The zero-order valence-corrected chi connectivity index (χ0v) is 18.8. The van der Waals surface area contributed by atoms with Crippen molar-refractivity contribution in [3.05, 3.63) is 77.9 Å². The van der Waals surface area contributed by atoms with Gasteiger partial charge < -0.3 is 19.7 Å². The van der Waals surface area contributed by atoms with Gasteiger partial charge in [0.2, 0.25) is 0 Å². The van der Waals surface area contributed by atoms with Crippen LogP contribution in [0.5, 0.6) is 0 Å². The van der Waals surface area contributed by atoms with Crippen molar-refractivity contribution in [1.29, 1.82) is 0 Å². The smallest absolute Gasteiger partial charge is 0.187 e. The van der Waals surface area contributed by atoms with Gasteiger partial charge in [-0.15, -0.1) is 11.3 Å². The van der Waals surface area contributed by atoms with Gasteiger partial charge in [0.1, 0.15) is 0 Å². The lowest BCUT2D eigenvalue weighted by atomic mass is 10.1. The molecule has 0 aliphatic carbocycles. The van der Waals surface area contributed by atoms with E-state index in [4.69, 9.17) is 4.98 Å². The lowest BCUT2D eigenvalue weighted by Gasteiger charge is -2.34. The van der Waals surface area contributed by atoms with Crippen molar-refractivity contribution in [3.8, 4) is 16.9 Å². The van der Waals surface area contributed by atoms with E-state index in [-0.39, 0.29) is 0 Å². The molecule has 0 amide bonds. The molecular formula is C25H27N5S. The molecule has 0 unspecified atom stereocenters. The Morgan fingerprint density at radius 2 is 1.61 bits per heavy atom. The van der Waals surface area contributed by atoms with Gasteiger partial charge in [0, 0.05) is 66.6 Å². The first-order valence-corrected chi connectivity index (χ1v) is 11.5. The maximum Gasteiger partial charge on any atom is 0.187 e. The summed E-state index contributed by atoms with van der Waals surface area (Å²) in [5, 5.41) is 6.54. The van der Waals surface area contributed by atoms with Gasteiger partial charge in [0.25, 0.3) is 0 Å². The van der Waals surface area contributed by atoms with Crippen molar-refractivity contribution >= 4 is 27.8 Å². The van der Waals surface area contributed by atoms with Crippen molar-refractivity contribution in [2.45, 2.75) is 6.92 Å². The number of anilines is 3. The monoisotopic (exact) mass is 429 g/mol. The molecule has 1 fully saturated rings. The lowest BCUT2D eigenvalue weighted by molar-refractivity contribution is 0.313. The Labute approximate surface area is 187 Å². The predicted molar refractivity (Wildman–Crippen MR) is 131 cm³/mol. The van der Waals surface area contributed by atoms with Crippen molar-refractivity contribution < 1.29 is 0 Å². The van der Waals surface area contributed by atoms with Gasteiger partial charge in [0.05, 0.1) is 5.69 Å². The molecule has 0 atom stereocenters. The third-order valence-corrected chi connectivity index (χ3v) is 6.66. The first-order valence-electron chi connectivity index (χ1n) is 10.7. The maximum atomic E-state index is 4.84. The van der Waals surface area contributed by atoms with Crippen LogP contribution in [0.4, 0.5) is 16.5 Å². The van der Waals surface area contributed by atoms with E-state index in [0.29, 0.717) is 0 Å². The molecule has 0 bridgehead atoms. The Bertz CT molecular complexity index is 1140. The highest BCUT2D eigenvalue weighted by atomic mass is 32.1. The minimum absolute atomic E-state index is 0.908. The van der Waals surface area contributed by atoms with Crippen molar-refractivity contribution in [3.63, 3.8) is 0 Å². The summed E-state index contributed by atoms with van der Waals surface area (Å²) in [6, 6.07) is 19.3. The summed E-state index contributed by atoms with van der Waals surface area (Å²) in [5.74, 6) is 0. The molecule has 0 spiro atoms. The van der Waals surface area contributed by atoms with Crippen LogP contribution < -0.4 is 10.2 Å². The molecule has 1 aliphatic rings. The van der Waals surface area contributed by atoms with E-state index in [1.54, 1.807) is 11.3 Å². The lowest BCUT2D eigenvalue weighted by Crippen LogP contribution is -2.44. The molecule has 5 nitrogen and oxygen atoms in total. The van der Waals surface area contributed by atoms with Gasteiger partial charge >= 0.3 is 0 Å². The van der Waals surface area contributed by atoms with Crippen LogP contribution in [0.1, 0.15) is 5.56 Å². The van der Waals surface area contributed by atoms with Gasteiger partial charge in [-0.1, -0.05) is 18.2 Å². The predicted octanol–water partition coefficient (Wildman–Crippen LogP) is 5.40. The van der Waals surface area contributed by atoms with E-state index in [1.165, 1.54) is 11.3 Å². The highest BCUT2D eigenvalue weighted by molar-refractivity contribution is 7.14. The summed E-state index contributed by atoms with van der Waals surface area (Å²) in [6.07, 6.45) is 4.11. The fourth-order valence-corrected chi connectivity index (χ4v) is 4.63. The Balaban J connectivity index is 1.31. The number of aryl methyl sites for hydroxylation is 1. The number of benzene rings is 2. The average molecular weight is 430 g/mol. The molecule has 6 heteroatoms. The number of thiazole rings is 1. The summed E-state index contributed by atoms with van der Waals surface area (Å²) in [7, 11) is 2.19. The number of piperazine rings is 1. The molecule has 158 valence electrons. The fraction of sp³-hybridized carbons (Fsp3) is 0.240. The van der Waals surface area contributed by atoms with Crippen molar-refractivity contribution in [2.24, 2.45) is 0 Å². The second kappa shape index (κ2) is 8.57. The Morgan fingerprint density at radius 1 is 0.903 bits per heavy atom. The van der Waals surface area contributed by atoms with Gasteiger partial charge in [-0.05, 0) is 55.9 Å². The molecule has 0 saturated carbocycles. The number of hydrogen-bond donors (Lipinski definition) is 1. The summed E-state index contributed by atoms with van der Waals surface area (Å²) in [6.45, 7) is 6.53. The molecule has 1 saturated heterocycles. The van der Waals surface area contributed by atoms with Gasteiger partial charge in [0.15, 0.2) is 5.13 Å².